The smallest absolute Gasteiger partial charge is 0.0509 e. The number of nitrogens with zero attached hydrogens (tertiary/aromatic N) is 1. The van der Waals surface area contributed by atoms with Crippen LogP contribution >= 0.6 is 11.8 Å². The molecule has 0 unspecified atom stereocenters. The number of thioether (sulfide) groups is 1. The highest BCUT2D eigenvalue weighted by molar-refractivity contribution is 7.98. The molecule has 0 aromatic carbocycles. The van der Waals surface area contributed by atoms with Crippen molar-refractivity contribution in [3.8, 4) is 0 Å². The highest BCUT2D eigenvalue weighted by Gasteiger charge is 2.40. The Kier molecular flexibility index (Phi) is 2.43. The molecule has 2 nitrogen and oxygen atoms in total. The van der Waals surface area contributed by atoms with Crippen LogP contribution in [0, 0.1) is 0 Å². The first kappa shape index (κ1) is 9.84. The maximum absolute atomic E-state index is 4.53. The summed E-state index contributed by atoms with van der Waals surface area (Å²) in [6.07, 6.45) is 6.62. The largest absolute Gasteiger partial charge is 0.387 e. The molecule has 0 saturated heterocycles. The number of anilines is 1. The van der Waals surface area contributed by atoms with E-state index in [0.29, 0.717) is 5.41 Å². The quantitative estimate of drug-likeness (QED) is 0.773. The van der Waals surface area contributed by atoms with Crippen LogP contribution in [-0.2, 0) is 5.41 Å². The molecule has 2 rings (SSSR count). The molecule has 1 heterocycles. The number of nitrogens with one attached hydrogen (secondary N) is 1. The normalized spacial score (nSPS) is 17.9. The molecule has 1 aliphatic rings. The van der Waals surface area contributed by atoms with Crippen LogP contribution < -0.4 is 5.32 Å². The van der Waals surface area contributed by atoms with Crippen LogP contribution in [0.3, 0.4) is 0 Å². The van der Waals surface area contributed by atoms with E-state index in [2.05, 4.69) is 29.5 Å². The summed E-state index contributed by atoms with van der Waals surface area (Å²) in [6.45, 7) is 2.29. The molecule has 0 spiro atoms. The van der Waals surface area contributed by atoms with Crippen molar-refractivity contribution >= 4 is 17.4 Å². The standard InChI is InChI=1S/C11H16N2S/c1-11(4-5-11)10-6-8(12-2)9(14-3)7-13-10/h6-7H,4-5H2,1-3H3,(H,12,13). The van der Waals surface area contributed by atoms with Gasteiger partial charge in [0.25, 0.3) is 0 Å². The average Bonchev–Trinajstić information content (AvgIpc) is 2.97. The second-order valence-electron chi connectivity index (χ2n) is 4.08. The van der Waals surface area contributed by atoms with Gasteiger partial charge in [0.1, 0.15) is 0 Å². The number of rotatable bonds is 3. The van der Waals surface area contributed by atoms with Gasteiger partial charge in [-0.05, 0) is 25.2 Å². The Labute approximate surface area is 89.5 Å². The van der Waals surface area contributed by atoms with Crippen molar-refractivity contribution in [3.63, 3.8) is 0 Å². The lowest BCUT2D eigenvalue weighted by atomic mass is 10.0. The van der Waals surface area contributed by atoms with Crippen LogP contribution in [0.1, 0.15) is 25.5 Å². The van der Waals surface area contributed by atoms with Gasteiger partial charge in [-0.15, -0.1) is 11.8 Å². The summed E-state index contributed by atoms with van der Waals surface area (Å²) in [5.41, 5.74) is 2.80. The summed E-state index contributed by atoms with van der Waals surface area (Å²) < 4.78 is 0. The summed E-state index contributed by atoms with van der Waals surface area (Å²) in [5, 5.41) is 3.23. The minimum absolute atomic E-state index is 0.364. The van der Waals surface area contributed by atoms with Crippen LogP contribution in [0.15, 0.2) is 17.2 Å². The second kappa shape index (κ2) is 3.46. The Morgan fingerprint density at radius 2 is 2.21 bits per heavy atom. The van der Waals surface area contributed by atoms with Gasteiger partial charge in [-0.2, -0.15) is 0 Å². The monoisotopic (exact) mass is 208 g/mol. The maximum Gasteiger partial charge on any atom is 0.0509 e. The van der Waals surface area contributed by atoms with E-state index in [-0.39, 0.29) is 0 Å². The van der Waals surface area contributed by atoms with Crippen molar-refractivity contribution in [2.45, 2.75) is 30.1 Å². The lowest BCUT2D eigenvalue weighted by Crippen LogP contribution is -2.04. The van der Waals surface area contributed by atoms with Crippen LogP contribution in [-0.4, -0.2) is 18.3 Å². The average molecular weight is 208 g/mol. The molecule has 1 N–H and O–H groups in total. The van der Waals surface area contributed by atoms with Crippen molar-refractivity contribution in [1.82, 2.24) is 4.98 Å². The molecule has 0 radical (unpaired) electrons. The predicted octanol–water partition coefficient (Wildman–Crippen LogP) is 2.90. The molecular weight excluding hydrogens is 192 g/mol. The fourth-order valence-electron chi connectivity index (χ4n) is 1.57. The third kappa shape index (κ3) is 1.61. The van der Waals surface area contributed by atoms with Gasteiger partial charge in [0.05, 0.1) is 5.69 Å². The van der Waals surface area contributed by atoms with Gasteiger partial charge in [0, 0.05) is 29.2 Å². The van der Waals surface area contributed by atoms with E-state index in [0.717, 1.165) is 0 Å². The summed E-state index contributed by atoms with van der Waals surface area (Å²) in [6, 6.07) is 2.19. The molecule has 1 aliphatic carbocycles. The first-order valence-corrected chi connectivity index (χ1v) is 6.14. The Morgan fingerprint density at radius 1 is 1.50 bits per heavy atom. The first-order valence-electron chi connectivity index (χ1n) is 4.92. The van der Waals surface area contributed by atoms with E-state index in [1.807, 2.05) is 13.2 Å². The lowest BCUT2D eigenvalue weighted by Gasteiger charge is -2.12. The SMILES string of the molecule is CNc1cc(C2(C)CC2)ncc1SC. The predicted molar refractivity (Wildman–Crippen MR) is 62.2 cm³/mol. The number of hydrogen-bond donors (Lipinski definition) is 1. The second-order valence-corrected chi connectivity index (χ2v) is 4.93. The molecule has 0 amide bonds. The molecule has 1 aromatic heterocycles. The maximum atomic E-state index is 4.53. The van der Waals surface area contributed by atoms with E-state index >= 15 is 0 Å². The molecule has 0 bridgehead atoms. The minimum Gasteiger partial charge on any atom is -0.387 e. The fourth-order valence-corrected chi connectivity index (χ4v) is 2.11. The zero-order chi connectivity index (χ0) is 10.2. The Hall–Kier alpha value is -0.700. The molecular formula is C11H16N2S. The zero-order valence-corrected chi connectivity index (χ0v) is 9.74. The van der Waals surface area contributed by atoms with Gasteiger partial charge in [0.2, 0.25) is 0 Å². The van der Waals surface area contributed by atoms with Crippen LogP contribution in [0.25, 0.3) is 0 Å². The summed E-state index contributed by atoms with van der Waals surface area (Å²) in [4.78, 5) is 5.75. The Bertz CT molecular complexity index is 345. The topological polar surface area (TPSA) is 24.9 Å². The molecule has 1 aromatic rings. The molecule has 76 valence electrons. The van der Waals surface area contributed by atoms with Crippen LogP contribution in [0.4, 0.5) is 5.69 Å². The number of aromatic nitrogens is 1. The van der Waals surface area contributed by atoms with Gasteiger partial charge < -0.3 is 5.32 Å². The molecule has 0 atom stereocenters. The van der Waals surface area contributed by atoms with Gasteiger partial charge in [-0.1, -0.05) is 6.92 Å². The van der Waals surface area contributed by atoms with E-state index in [9.17, 15) is 0 Å². The van der Waals surface area contributed by atoms with E-state index in [1.54, 1.807) is 11.8 Å². The van der Waals surface area contributed by atoms with Crippen molar-refractivity contribution in [1.29, 1.82) is 0 Å². The third-order valence-corrected chi connectivity index (χ3v) is 3.74. The molecule has 14 heavy (non-hydrogen) atoms. The first-order chi connectivity index (χ1) is 6.69. The van der Waals surface area contributed by atoms with Crippen molar-refractivity contribution in [2.24, 2.45) is 0 Å². The summed E-state index contributed by atoms with van der Waals surface area (Å²) >= 11 is 1.73. The van der Waals surface area contributed by atoms with Gasteiger partial charge in [-0.3, -0.25) is 4.98 Å². The highest BCUT2D eigenvalue weighted by atomic mass is 32.2. The fraction of sp³-hybridized carbons (Fsp3) is 0.545. The lowest BCUT2D eigenvalue weighted by molar-refractivity contribution is 0.747. The zero-order valence-electron chi connectivity index (χ0n) is 8.92. The van der Waals surface area contributed by atoms with Crippen molar-refractivity contribution in [3.05, 3.63) is 18.0 Å². The van der Waals surface area contributed by atoms with E-state index in [1.165, 1.54) is 29.1 Å². The summed E-state index contributed by atoms with van der Waals surface area (Å²) in [7, 11) is 1.97. The van der Waals surface area contributed by atoms with Gasteiger partial charge in [0.15, 0.2) is 0 Å². The Balaban J connectivity index is 2.36. The molecule has 3 heteroatoms. The minimum atomic E-state index is 0.364. The number of pyridine rings is 1. The third-order valence-electron chi connectivity index (χ3n) is 2.98. The Morgan fingerprint density at radius 3 is 2.71 bits per heavy atom. The summed E-state index contributed by atoms with van der Waals surface area (Å²) in [5.74, 6) is 0. The highest BCUT2D eigenvalue weighted by Crippen LogP contribution is 2.47. The van der Waals surface area contributed by atoms with Crippen LogP contribution in [0.2, 0.25) is 0 Å². The van der Waals surface area contributed by atoms with Crippen LogP contribution in [0.5, 0.6) is 0 Å². The molecule has 0 aliphatic heterocycles. The van der Waals surface area contributed by atoms with Crippen molar-refractivity contribution in [2.75, 3.05) is 18.6 Å². The number of hydrogen-bond acceptors (Lipinski definition) is 3. The van der Waals surface area contributed by atoms with E-state index < -0.39 is 0 Å². The van der Waals surface area contributed by atoms with Gasteiger partial charge in [-0.25, -0.2) is 0 Å². The van der Waals surface area contributed by atoms with Crippen molar-refractivity contribution < 1.29 is 0 Å². The van der Waals surface area contributed by atoms with E-state index in [4.69, 9.17) is 0 Å². The van der Waals surface area contributed by atoms with Gasteiger partial charge >= 0.3 is 0 Å². The molecule has 1 saturated carbocycles. The molecule has 1 fully saturated rings.